The van der Waals surface area contributed by atoms with E-state index in [4.69, 9.17) is 4.74 Å². The molecule has 1 saturated heterocycles. The van der Waals surface area contributed by atoms with Gasteiger partial charge in [0.25, 0.3) is 5.91 Å². The van der Waals surface area contributed by atoms with Crippen LogP contribution in [0.15, 0.2) is 53.6 Å². The molecule has 3 heterocycles. The lowest BCUT2D eigenvalue weighted by atomic mass is 9.88. The molecule has 1 aliphatic heterocycles. The standard InChI is InChI=1S/C36H46N4O6S/c1-23-6-7-27(21-36(2,3)4)34(38-23)39-35(43)29-11-10-28(47(5,44)45)19-31(29)40-16-13-24(14-17-40)22-46-32-18-26(12-15-37-32)30(20-33(41)42)25-8-9-25/h6-7,10-12,15,18-19,24-25,30H,8-9,13-14,16-17,20-22H2,1-5H3,(H,41,42)(H,38,39,43). The second-order valence-electron chi connectivity index (χ2n) is 14.3. The lowest BCUT2D eigenvalue weighted by Crippen LogP contribution is -2.37. The van der Waals surface area contributed by atoms with E-state index in [-0.39, 0.29) is 34.5 Å². The fourth-order valence-electron chi connectivity index (χ4n) is 6.30. The van der Waals surface area contributed by atoms with Crippen molar-refractivity contribution in [2.75, 3.05) is 36.2 Å². The molecule has 1 amide bonds. The summed E-state index contributed by atoms with van der Waals surface area (Å²) in [6, 6.07) is 12.4. The molecule has 252 valence electrons. The van der Waals surface area contributed by atoms with E-state index in [9.17, 15) is 23.1 Å². The Morgan fingerprint density at radius 1 is 1.06 bits per heavy atom. The van der Waals surface area contributed by atoms with Crippen molar-refractivity contribution in [3.8, 4) is 5.88 Å². The number of rotatable bonds is 12. The summed E-state index contributed by atoms with van der Waals surface area (Å²) < 4.78 is 31.1. The number of pyridine rings is 2. The number of aromatic nitrogens is 2. The average molecular weight is 663 g/mol. The van der Waals surface area contributed by atoms with E-state index < -0.39 is 15.8 Å². The van der Waals surface area contributed by atoms with Crippen LogP contribution in [0, 0.1) is 24.2 Å². The minimum atomic E-state index is -3.50. The van der Waals surface area contributed by atoms with Gasteiger partial charge in [-0.25, -0.2) is 18.4 Å². The first kappa shape index (κ1) is 34.3. The van der Waals surface area contributed by atoms with Gasteiger partial charge in [-0.1, -0.05) is 26.8 Å². The number of carboxylic acids is 1. The van der Waals surface area contributed by atoms with Crippen molar-refractivity contribution in [1.82, 2.24) is 9.97 Å². The number of carbonyl (C=O) groups is 2. The summed E-state index contributed by atoms with van der Waals surface area (Å²) in [7, 11) is -3.50. The molecule has 0 spiro atoms. The van der Waals surface area contributed by atoms with Crippen LogP contribution in [-0.4, -0.2) is 61.3 Å². The van der Waals surface area contributed by atoms with Gasteiger partial charge in [-0.05, 0) is 104 Å². The highest BCUT2D eigenvalue weighted by atomic mass is 32.2. The highest BCUT2D eigenvalue weighted by Crippen LogP contribution is 2.45. The summed E-state index contributed by atoms with van der Waals surface area (Å²) in [5.41, 5.74) is 3.65. The molecule has 10 nitrogen and oxygen atoms in total. The van der Waals surface area contributed by atoms with Crippen molar-refractivity contribution < 1.29 is 27.9 Å². The molecule has 2 fully saturated rings. The van der Waals surface area contributed by atoms with E-state index in [1.54, 1.807) is 18.3 Å². The first-order chi connectivity index (χ1) is 22.2. The highest BCUT2D eigenvalue weighted by Gasteiger charge is 2.34. The molecule has 1 unspecified atom stereocenters. The van der Waals surface area contributed by atoms with Crippen molar-refractivity contribution in [3.63, 3.8) is 0 Å². The summed E-state index contributed by atoms with van der Waals surface area (Å²) in [4.78, 5) is 36.5. The molecule has 1 saturated carbocycles. The summed E-state index contributed by atoms with van der Waals surface area (Å²) in [6.07, 6.45) is 7.35. The van der Waals surface area contributed by atoms with Gasteiger partial charge in [-0.15, -0.1) is 0 Å². The predicted molar refractivity (Wildman–Crippen MR) is 182 cm³/mol. The number of carboxylic acid groups (broad SMARTS) is 1. The molecule has 1 aromatic carbocycles. The van der Waals surface area contributed by atoms with Gasteiger partial charge < -0.3 is 20.1 Å². The van der Waals surface area contributed by atoms with Crippen molar-refractivity contribution >= 4 is 33.2 Å². The highest BCUT2D eigenvalue weighted by molar-refractivity contribution is 7.90. The number of amides is 1. The maximum absolute atomic E-state index is 13.8. The zero-order valence-electron chi connectivity index (χ0n) is 28.0. The van der Waals surface area contributed by atoms with Gasteiger partial charge in [0.05, 0.1) is 29.2 Å². The normalized spacial score (nSPS) is 16.5. The van der Waals surface area contributed by atoms with Gasteiger partial charge in [0.15, 0.2) is 9.84 Å². The molecule has 3 aromatic rings. The van der Waals surface area contributed by atoms with Crippen molar-refractivity contribution in [1.29, 1.82) is 0 Å². The molecule has 2 N–H and O–H groups in total. The Balaban J connectivity index is 1.28. The first-order valence-electron chi connectivity index (χ1n) is 16.3. The van der Waals surface area contributed by atoms with E-state index >= 15 is 0 Å². The fraction of sp³-hybridized carbons (Fsp3) is 0.500. The van der Waals surface area contributed by atoms with Gasteiger partial charge in [0.1, 0.15) is 5.82 Å². The van der Waals surface area contributed by atoms with Gasteiger partial charge in [0, 0.05) is 37.3 Å². The maximum Gasteiger partial charge on any atom is 0.303 e. The number of nitrogens with zero attached hydrogens (tertiary/aromatic N) is 3. The number of hydrogen-bond acceptors (Lipinski definition) is 8. The minimum Gasteiger partial charge on any atom is -0.481 e. The van der Waals surface area contributed by atoms with E-state index in [1.165, 1.54) is 12.3 Å². The molecule has 11 heteroatoms. The Morgan fingerprint density at radius 2 is 1.79 bits per heavy atom. The zero-order valence-corrected chi connectivity index (χ0v) is 28.8. The lowest BCUT2D eigenvalue weighted by Gasteiger charge is -2.34. The molecule has 1 aliphatic carbocycles. The van der Waals surface area contributed by atoms with Crippen LogP contribution in [0.3, 0.4) is 0 Å². The van der Waals surface area contributed by atoms with Crippen molar-refractivity contribution in [3.05, 3.63) is 71.0 Å². The minimum absolute atomic E-state index is 0.00893. The van der Waals surface area contributed by atoms with E-state index in [0.717, 1.165) is 48.9 Å². The van der Waals surface area contributed by atoms with Gasteiger partial charge in [0.2, 0.25) is 5.88 Å². The van der Waals surface area contributed by atoms with E-state index in [1.807, 2.05) is 31.2 Å². The molecule has 47 heavy (non-hydrogen) atoms. The third kappa shape index (κ3) is 9.31. The van der Waals surface area contributed by atoms with Crippen molar-refractivity contribution in [2.24, 2.45) is 17.3 Å². The number of ether oxygens (including phenoxy) is 1. The summed E-state index contributed by atoms with van der Waals surface area (Å²) in [5, 5.41) is 12.4. The number of sulfone groups is 1. The quantitative estimate of drug-likeness (QED) is 0.229. The Labute approximate surface area is 277 Å². The lowest BCUT2D eigenvalue weighted by molar-refractivity contribution is -0.137. The molecule has 5 rings (SSSR count). The Bertz CT molecular complexity index is 1720. The number of piperidine rings is 1. The van der Waals surface area contributed by atoms with Crippen LogP contribution >= 0.6 is 0 Å². The Kier molecular flexibility index (Phi) is 10.2. The Hall–Kier alpha value is -3.99. The molecule has 2 aliphatic rings. The first-order valence-corrected chi connectivity index (χ1v) is 18.2. The number of carbonyl (C=O) groups excluding carboxylic acids is 1. The van der Waals surface area contributed by atoms with Gasteiger partial charge in [-0.3, -0.25) is 9.59 Å². The van der Waals surface area contributed by atoms with Crippen LogP contribution in [0.5, 0.6) is 5.88 Å². The molecule has 2 aromatic heterocycles. The second kappa shape index (κ2) is 14.0. The van der Waals surface area contributed by atoms with Crippen molar-refractivity contribution in [2.45, 2.75) is 77.0 Å². The topological polar surface area (TPSA) is 139 Å². The van der Waals surface area contributed by atoms with Gasteiger partial charge >= 0.3 is 5.97 Å². The number of anilines is 2. The van der Waals surface area contributed by atoms with Gasteiger partial charge in [-0.2, -0.15) is 0 Å². The largest absolute Gasteiger partial charge is 0.481 e. The third-order valence-corrected chi connectivity index (χ3v) is 10.0. The predicted octanol–water partition coefficient (Wildman–Crippen LogP) is 6.29. The number of hydrogen-bond donors (Lipinski definition) is 2. The number of aryl methyl sites for hydroxylation is 1. The number of aliphatic carboxylic acids is 1. The molecule has 1 atom stereocenters. The smallest absolute Gasteiger partial charge is 0.303 e. The molecule has 0 radical (unpaired) electrons. The van der Waals surface area contributed by atoms with Crippen LogP contribution in [0.2, 0.25) is 0 Å². The summed E-state index contributed by atoms with van der Waals surface area (Å²) in [5.74, 6) is 0.491. The average Bonchev–Trinajstić information content (AvgIpc) is 3.85. The zero-order chi connectivity index (χ0) is 33.9. The monoisotopic (exact) mass is 662 g/mol. The number of benzene rings is 1. The number of nitrogens with one attached hydrogen (secondary N) is 1. The van der Waals surface area contributed by atoms with Crippen LogP contribution in [0.25, 0.3) is 0 Å². The van der Waals surface area contributed by atoms with Crippen LogP contribution in [0.1, 0.15) is 86.0 Å². The van der Waals surface area contributed by atoms with E-state index in [0.29, 0.717) is 48.6 Å². The fourth-order valence-corrected chi connectivity index (χ4v) is 6.94. The third-order valence-electron chi connectivity index (χ3n) is 8.91. The van der Waals surface area contributed by atoms with Crippen LogP contribution in [0.4, 0.5) is 11.5 Å². The SMILES string of the molecule is Cc1ccc(CC(C)(C)C)c(NC(=O)c2ccc(S(C)(=O)=O)cc2N2CCC(COc3cc(C(CC(=O)O)C4CC4)ccn3)CC2)n1. The molecule has 0 bridgehead atoms. The second-order valence-corrected chi connectivity index (χ2v) is 16.3. The molecular formula is C36H46N4O6S. The summed E-state index contributed by atoms with van der Waals surface area (Å²) >= 11 is 0. The van der Waals surface area contributed by atoms with E-state index in [2.05, 4.69) is 41.0 Å². The summed E-state index contributed by atoms with van der Waals surface area (Å²) in [6.45, 7) is 9.99. The van der Waals surface area contributed by atoms with Crippen LogP contribution in [-0.2, 0) is 21.1 Å². The Morgan fingerprint density at radius 3 is 2.43 bits per heavy atom. The molecular weight excluding hydrogens is 616 g/mol. The maximum atomic E-state index is 13.8. The van der Waals surface area contributed by atoms with Crippen LogP contribution < -0.4 is 15.0 Å².